The van der Waals surface area contributed by atoms with E-state index >= 15 is 0 Å². The molecule has 0 radical (unpaired) electrons. The average Bonchev–Trinajstić information content (AvgIpc) is 2.63. The van der Waals surface area contributed by atoms with Crippen LogP contribution in [0.3, 0.4) is 0 Å². The van der Waals surface area contributed by atoms with Gasteiger partial charge in [-0.25, -0.2) is 13.4 Å². The third kappa shape index (κ3) is 3.91. The number of hydrogen-bond acceptors (Lipinski definition) is 7. The van der Waals surface area contributed by atoms with E-state index in [1.54, 1.807) is 0 Å². The third-order valence-corrected chi connectivity index (χ3v) is 5.70. The topological polar surface area (TPSA) is 116 Å². The van der Waals surface area contributed by atoms with Gasteiger partial charge in [0.15, 0.2) is 0 Å². The van der Waals surface area contributed by atoms with Gasteiger partial charge in [-0.3, -0.25) is 15.1 Å². The van der Waals surface area contributed by atoms with E-state index < -0.39 is 14.9 Å². The second kappa shape index (κ2) is 7.11. The monoisotopic (exact) mass is 364 g/mol. The van der Waals surface area contributed by atoms with Crippen LogP contribution in [-0.4, -0.2) is 46.8 Å². The summed E-state index contributed by atoms with van der Waals surface area (Å²) in [4.78, 5) is 18.1. The molecule has 1 atom stereocenters. The van der Waals surface area contributed by atoms with Crippen molar-refractivity contribution in [2.75, 3.05) is 13.1 Å². The summed E-state index contributed by atoms with van der Waals surface area (Å²) < 4.78 is 32.5. The summed E-state index contributed by atoms with van der Waals surface area (Å²) in [6.45, 7) is 0.493. The fraction of sp³-hybridized carbons (Fsp3) is 0.333. The van der Waals surface area contributed by atoms with Crippen molar-refractivity contribution in [2.24, 2.45) is 0 Å². The van der Waals surface area contributed by atoms with E-state index in [2.05, 4.69) is 9.97 Å². The van der Waals surface area contributed by atoms with E-state index in [0.29, 0.717) is 25.3 Å². The molecule has 0 saturated carbocycles. The van der Waals surface area contributed by atoms with Gasteiger partial charge in [0.2, 0.25) is 15.9 Å². The fourth-order valence-electron chi connectivity index (χ4n) is 2.64. The quantitative estimate of drug-likeness (QED) is 0.584. The van der Waals surface area contributed by atoms with Crippen molar-refractivity contribution in [1.29, 1.82) is 0 Å². The number of sulfonamides is 1. The zero-order chi connectivity index (χ0) is 17.9. The van der Waals surface area contributed by atoms with Gasteiger partial charge < -0.3 is 4.74 Å². The fourth-order valence-corrected chi connectivity index (χ4v) is 4.19. The van der Waals surface area contributed by atoms with Crippen LogP contribution in [-0.2, 0) is 10.0 Å². The highest BCUT2D eigenvalue weighted by Crippen LogP contribution is 2.25. The van der Waals surface area contributed by atoms with Crippen LogP contribution in [0.1, 0.15) is 12.8 Å². The van der Waals surface area contributed by atoms with Crippen LogP contribution in [0.25, 0.3) is 0 Å². The Morgan fingerprint density at radius 3 is 2.88 bits per heavy atom. The predicted molar refractivity (Wildman–Crippen MR) is 87.5 cm³/mol. The first kappa shape index (κ1) is 17.2. The normalized spacial score (nSPS) is 18.6. The Kier molecular flexibility index (Phi) is 4.91. The molecule has 1 unspecified atom stereocenters. The smallest absolute Gasteiger partial charge is 0.270 e. The van der Waals surface area contributed by atoms with Crippen molar-refractivity contribution in [3.05, 3.63) is 53.0 Å². The zero-order valence-electron chi connectivity index (χ0n) is 13.2. The highest BCUT2D eigenvalue weighted by molar-refractivity contribution is 7.89. The number of benzene rings is 1. The van der Waals surface area contributed by atoms with Gasteiger partial charge in [-0.05, 0) is 18.9 Å². The minimum absolute atomic E-state index is 0.0955. The first-order chi connectivity index (χ1) is 12.0. The van der Waals surface area contributed by atoms with Crippen molar-refractivity contribution in [2.45, 2.75) is 23.8 Å². The lowest BCUT2D eigenvalue weighted by molar-refractivity contribution is -0.385. The number of nitro benzene ring substituents is 1. The predicted octanol–water partition coefficient (Wildman–Crippen LogP) is 1.62. The molecular weight excluding hydrogens is 348 g/mol. The summed E-state index contributed by atoms with van der Waals surface area (Å²) in [5.41, 5.74) is -0.259. The number of hydrogen-bond donors (Lipinski definition) is 0. The highest BCUT2D eigenvalue weighted by atomic mass is 32.2. The molecule has 1 saturated heterocycles. The number of aromatic nitrogens is 2. The maximum Gasteiger partial charge on any atom is 0.270 e. The molecular formula is C15H16N4O5S. The van der Waals surface area contributed by atoms with Crippen molar-refractivity contribution in [3.8, 4) is 5.88 Å². The van der Waals surface area contributed by atoms with E-state index in [4.69, 9.17) is 4.74 Å². The van der Waals surface area contributed by atoms with Gasteiger partial charge in [0.05, 0.1) is 22.6 Å². The Labute approximate surface area is 144 Å². The lowest BCUT2D eigenvalue weighted by Gasteiger charge is -2.31. The van der Waals surface area contributed by atoms with Gasteiger partial charge in [0.25, 0.3) is 5.69 Å². The Morgan fingerprint density at radius 1 is 1.32 bits per heavy atom. The molecule has 1 fully saturated rings. The lowest BCUT2D eigenvalue weighted by atomic mass is 10.1. The van der Waals surface area contributed by atoms with E-state index in [0.717, 1.165) is 6.07 Å². The Morgan fingerprint density at radius 2 is 2.16 bits per heavy atom. The molecule has 1 aliphatic heterocycles. The molecule has 2 heterocycles. The van der Waals surface area contributed by atoms with Gasteiger partial charge in [0.1, 0.15) is 6.10 Å². The number of ether oxygens (including phenoxy) is 1. The Balaban J connectivity index is 1.78. The highest BCUT2D eigenvalue weighted by Gasteiger charge is 2.32. The second-order valence-electron chi connectivity index (χ2n) is 5.54. The number of nitro groups is 1. The SMILES string of the molecule is O=[N+]([O-])c1cccc(S(=O)(=O)N2CCCC(Oc3cnccn3)C2)c1. The Bertz CT molecular complexity index is 859. The van der Waals surface area contributed by atoms with Crippen molar-refractivity contribution >= 4 is 15.7 Å². The maximum atomic E-state index is 12.8. The molecule has 1 aliphatic rings. The molecule has 2 aromatic rings. The standard InChI is InChI=1S/C15H16N4O5S/c20-19(21)12-3-1-5-14(9-12)25(22,23)18-8-2-4-13(11-18)24-15-10-16-6-7-17-15/h1,3,5-7,9-10,13H,2,4,8,11H2. The third-order valence-electron chi connectivity index (χ3n) is 3.83. The summed E-state index contributed by atoms with van der Waals surface area (Å²) in [5, 5.41) is 10.9. The van der Waals surface area contributed by atoms with E-state index in [1.165, 1.54) is 41.1 Å². The molecule has 9 nitrogen and oxygen atoms in total. The Hall–Kier alpha value is -2.59. The van der Waals surface area contributed by atoms with Gasteiger partial charge >= 0.3 is 0 Å². The summed E-state index contributed by atoms with van der Waals surface area (Å²) in [6.07, 6.45) is 5.45. The molecule has 0 bridgehead atoms. The second-order valence-corrected chi connectivity index (χ2v) is 7.48. The van der Waals surface area contributed by atoms with E-state index in [-0.39, 0.29) is 23.2 Å². The van der Waals surface area contributed by atoms with Crippen molar-refractivity contribution < 1.29 is 18.1 Å². The molecule has 1 aromatic heterocycles. The molecule has 10 heteroatoms. The van der Waals surface area contributed by atoms with Crippen LogP contribution >= 0.6 is 0 Å². The minimum Gasteiger partial charge on any atom is -0.472 e. The van der Waals surface area contributed by atoms with E-state index in [1.807, 2.05) is 0 Å². The number of rotatable bonds is 5. The van der Waals surface area contributed by atoms with Crippen LogP contribution in [0.15, 0.2) is 47.8 Å². The number of piperidine rings is 1. The van der Waals surface area contributed by atoms with Crippen LogP contribution in [0.5, 0.6) is 5.88 Å². The first-order valence-corrected chi connectivity index (χ1v) is 9.08. The van der Waals surface area contributed by atoms with Gasteiger partial charge in [-0.2, -0.15) is 4.31 Å². The maximum absolute atomic E-state index is 12.8. The summed E-state index contributed by atoms with van der Waals surface area (Å²) in [7, 11) is -3.83. The van der Waals surface area contributed by atoms with Gasteiger partial charge in [0, 0.05) is 31.1 Å². The van der Waals surface area contributed by atoms with E-state index in [9.17, 15) is 18.5 Å². The molecule has 0 spiro atoms. The first-order valence-electron chi connectivity index (χ1n) is 7.64. The van der Waals surface area contributed by atoms with Crippen LogP contribution in [0.2, 0.25) is 0 Å². The number of non-ortho nitro benzene ring substituents is 1. The van der Waals surface area contributed by atoms with Gasteiger partial charge in [-0.1, -0.05) is 6.07 Å². The van der Waals surface area contributed by atoms with Crippen molar-refractivity contribution in [1.82, 2.24) is 14.3 Å². The lowest BCUT2D eigenvalue weighted by Crippen LogP contribution is -2.44. The van der Waals surface area contributed by atoms with Gasteiger partial charge in [-0.15, -0.1) is 0 Å². The van der Waals surface area contributed by atoms with Crippen LogP contribution < -0.4 is 4.74 Å². The largest absolute Gasteiger partial charge is 0.472 e. The zero-order valence-corrected chi connectivity index (χ0v) is 14.0. The summed E-state index contributed by atoms with van der Waals surface area (Å²) in [6, 6.07) is 5.05. The molecule has 1 aromatic carbocycles. The molecule has 25 heavy (non-hydrogen) atoms. The van der Waals surface area contributed by atoms with Crippen molar-refractivity contribution in [3.63, 3.8) is 0 Å². The average molecular weight is 364 g/mol. The minimum atomic E-state index is -3.83. The van der Waals surface area contributed by atoms with Crippen LogP contribution in [0, 0.1) is 10.1 Å². The molecule has 0 amide bonds. The molecule has 132 valence electrons. The summed E-state index contributed by atoms with van der Waals surface area (Å²) in [5.74, 6) is 0.335. The van der Waals surface area contributed by atoms with Crippen LogP contribution in [0.4, 0.5) is 5.69 Å². The number of nitrogens with zero attached hydrogens (tertiary/aromatic N) is 4. The summed E-state index contributed by atoms with van der Waals surface area (Å²) >= 11 is 0. The molecule has 0 aliphatic carbocycles. The molecule has 3 rings (SSSR count). The molecule has 0 N–H and O–H groups in total.